The van der Waals surface area contributed by atoms with Gasteiger partial charge in [0.1, 0.15) is 6.61 Å². The molecule has 1 saturated carbocycles. The minimum absolute atomic E-state index is 0.148. The van der Waals surface area contributed by atoms with E-state index in [1.165, 1.54) is 13.8 Å². The van der Waals surface area contributed by atoms with Gasteiger partial charge < -0.3 is 14.2 Å². The van der Waals surface area contributed by atoms with Gasteiger partial charge in [0.05, 0.1) is 12.5 Å². The molecule has 0 amide bonds. The molecule has 1 fully saturated rings. The molecule has 8 nitrogen and oxygen atoms in total. The van der Waals surface area contributed by atoms with Crippen LogP contribution in [0.2, 0.25) is 0 Å². The Morgan fingerprint density at radius 1 is 1.07 bits per heavy atom. The average molecular weight is 470 g/mol. The van der Waals surface area contributed by atoms with Crippen LogP contribution in [0.15, 0.2) is 0 Å². The Morgan fingerprint density at radius 2 is 1.60 bits per heavy atom. The molecule has 1 atom stereocenters. The van der Waals surface area contributed by atoms with Crippen LogP contribution in [0.1, 0.15) is 46.0 Å². The van der Waals surface area contributed by atoms with Gasteiger partial charge in [0.25, 0.3) is 0 Å². The normalized spacial score (nSPS) is 18.7. The Balaban J connectivity index is 3.29. The number of ether oxygens (including phenoxy) is 3. The van der Waals surface area contributed by atoms with E-state index in [0.29, 0.717) is 12.8 Å². The van der Waals surface area contributed by atoms with E-state index in [2.05, 4.69) is 14.2 Å². The van der Waals surface area contributed by atoms with E-state index >= 15 is 0 Å². The summed E-state index contributed by atoms with van der Waals surface area (Å²) in [5.74, 6) is -10.0. The van der Waals surface area contributed by atoms with Crippen LogP contribution in [0.3, 0.4) is 0 Å². The molecule has 176 valence electrons. The van der Waals surface area contributed by atoms with Crippen LogP contribution in [0.5, 0.6) is 0 Å². The van der Waals surface area contributed by atoms with Crippen molar-refractivity contribution >= 4 is 22.1 Å². The Hall–Kier alpha value is -1.54. The third kappa shape index (κ3) is 6.48. The molecule has 0 heterocycles. The monoisotopic (exact) mass is 470 g/mol. The van der Waals surface area contributed by atoms with Gasteiger partial charge in [-0.3, -0.25) is 9.35 Å². The molecule has 1 aliphatic carbocycles. The Kier molecular flexibility index (Phi) is 8.59. The maximum absolute atomic E-state index is 13.8. The van der Waals surface area contributed by atoms with Gasteiger partial charge in [0.2, 0.25) is 0 Å². The van der Waals surface area contributed by atoms with Crippen molar-refractivity contribution in [2.75, 3.05) is 13.2 Å². The van der Waals surface area contributed by atoms with Gasteiger partial charge in [0, 0.05) is 0 Å². The van der Waals surface area contributed by atoms with E-state index in [0.717, 1.165) is 6.42 Å². The van der Waals surface area contributed by atoms with Crippen LogP contribution < -0.4 is 0 Å². The van der Waals surface area contributed by atoms with Gasteiger partial charge in [-0.25, -0.2) is 4.79 Å². The molecule has 14 heteroatoms. The average Bonchev–Trinajstić information content (AvgIpc) is 2.61. The van der Waals surface area contributed by atoms with Crippen molar-refractivity contribution in [1.29, 1.82) is 0 Å². The first-order chi connectivity index (χ1) is 13.5. The minimum atomic E-state index is -6.19. The van der Waals surface area contributed by atoms with Crippen molar-refractivity contribution in [3.8, 4) is 0 Å². The quantitative estimate of drug-likeness (QED) is 0.237. The third-order valence-electron chi connectivity index (χ3n) is 4.19. The van der Waals surface area contributed by atoms with Crippen molar-refractivity contribution in [2.45, 2.75) is 63.2 Å². The van der Waals surface area contributed by atoms with Gasteiger partial charge in [0.15, 0.2) is 0 Å². The van der Waals surface area contributed by atoms with Gasteiger partial charge >= 0.3 is 39.3 Å². The van der Waals surface area contributed by atoms with Gasteiger partial charge in [-0.2, -0.15) is 30.4 Å². The van der Waals surface area contributed by atoms with Crippen LogP contribution in [0.25, 0.3) is 0 Å². The summed E-state index contributed by atoms with van der Waals surface area (Å²) in [7, 11) is -6.19. The van der Waals surface area contributed by atoms with E-state index in [4.69, 9.17) is 4.55 Å². The summed E-state index contributed by atoms with van der Waals surface area (Å²) < 4.78 is 111. The zero-order chi connectivity index (χ0) is 23.4. The lowest BCUT2D eigenvalue weighted by Crippen LogP contribution is -2.60. The van der Waals surface area contributed by atoms with Gasteiger partial charge in [-0.1, -0.05) is 33.1 Å². The third-order valence-corrected chi connectivity index (χ3v) is 5.07. The first-order valence-corrected chi connectivity index (χ1v) is 10.4. The van der Waals surface area contributed by atoms with Gasteiger partial charge in [-0.15, -0.1) is 0 Å². The summed E-state index contributed by atoms with van der Waals surface area (Å²) >= 11 is 0. The second-order valence-electron chi connectivity index (χ2n) is 7.26. The standard InChI is InChI=1S/C16H23F5O8S/c1-10(2)8-27-13(23)15(16(19,20)21,28-9-14(17,18)30(24,25)26)29-12(22)11-6-4-3-5-7-11/h10-11H,3-9H2,1-2H3,(H,24,25,26). The van der Waals surface area contributed by atoms with E-state index < -0.39 is 64.3 Å². The van der Waals surface area contributed by atoms with Crippen LogP contribution in [-0.4, -0.2) is 55.3 Å². The Morgan fingerprint density at radius 3 is 2.03 bits per heavy atom. The largest absolute Gasteiger partial charge is 0.468 e. The molecule has 0 saturated heterocycles. The lowest BCUT2D eigenvalue weighted by Gasteiger charge is -2.34. The first kappa shape index (κ1) is 26.5. The van der Waals surface area contributed by atoms with Crippen LogP contribution in [0.4, 0.5) is 22.0 Å². The molecule has 0 aliphatic heterocycles. The van der Waals surface area contributed by atoms with E-state index in [-0.39, 0.29) is 12.8 Å². The number of rotatable bonds is 9. The highest BCUT2D eigenvalue weighted by Gasteiger charge is 2.69. The number of carbonyl (C=O) groups is 2. The topological polar surface area (TPSA) is 116 Å². The fraction of sp³-hybridized carbons (Fsp3) is 0.875. The smallest absolute Gasteiger partial charge is 0.460 e. The SMILES string of the molecule is CC(C)COC(=O)C(OCC(F)(F)S(=O)(=O)O)(OC(=O)C1CCCCC1)C(F)(F)F. The molecule has 0 aromatic heterocycles. The summed E-state index contributed by atoms with van der Waals surface area (Å²) in [5.41, 5.74) is 0. The highest BCUT2D eigenvalue weighted by molar-refractivity contribution is 7.86. The molecule has 0 spiro atoms. The van der Waals surface area contributed by atoms with Crippen LogP contribution >= 0.6 is 0 Å². The minimum Gasteiger partial charge on any atom is -0.460 e. The summed E-state index contributed by atoms with van der Waals surface area (Å²) in [6, 6.07) is 0. The molecular formula is C16H23F5O8S. The summed E-state index contributed by atoms with van der Waals surface area (Å²) in [6.07, 6.45) is -3.89. The van der Waals surface area contributed by atoms with Crippen molar-refractivity contribution in [2.24, 2.45) is 11.8 Å². The molecule has 30 heavy (non-hydrogen) atoms. The maximum Gasteiger partial charge on any atom is 0.468 e. The zero-order valence-electron chi connectivity index (χ0n) is 16.2. The summed E-state index contributed by atoms with van der Waals surface area (Å²) in [6.45, 7) is -0.302. The first-order valence-electron chi connectivity index (χ1n) is 8.99. The highest BCUT2D eigenvalue weighted by Crippen LogP contribution is 2.39. The van der Waals surface area contributed by atoms with Crippen molar-refractivity contribution < 1.29 is 58.7 Å². The van der Waals surface area contributed by atoms with Crippen molar-refractivity contribution in [3.63, 3.8) is 0 Å². The maximum atomic E-state index is 13.8. The predicted molar refractivity (Wildman–Crippen MR) is 89.7 cm³/mol. The van der Waals surface area contributed by atoms with E-state index in [1.807, 2.05) is 0 Å². The number of halogens is 5. The Bertz CT molecular complexity index is 716. The molecule has 1 unspecified atom stereocenters. The molecule has 0 aromatic carbocycles. The van der Waals surface area contributed by atoms with E-state index in [1.54, 1.807) is 0 Å². The van der Waals surface area contributed by atoms with Crippen LogP contribution in [0, 0.1) is 11.8 Å². The lowest BCUT2D eigenvalue weighted by molar-refractivity contribution is -0.362. The fourth-order valence-corrected chi connectivity index (χ4v) is 2.75. The second kappa shape index (κ2) is 9.73. The number of hydrogen-bond acceptors (Lipinski definition) is 7. The number of esters is 2. The van der Waals surface area contributed by atoms with Crippen molar-refractivity contribution in [1.82, 2.24) is 0 Å². The molecule has 1 N–H and O–H groups in total. The molecule has 1 aliphatic rings. The summed E-state index contributed by atoms with van der Waals surface area (Å²) in [4.78, 5) is 24.5. The van der Waals surface area contributed by atoms with Gasteiger partial charge in [-0.05, 0) is 18.8 Å². The zero-order valence-corrected chi connectivity index (χ0v) is 17.0. The second-order valence-corrected chi connectivity index (χ2v) is 8.81. The highest BCUT2D eigenvalue weighted by atomic mass is 32.2. The molecule has 1 rings (SSSR count). The fourth-order valence-electron chi connectivity index (χ4n) is 2.55. The molecule has 0 radical (unpaired) electrons. The van der Waals surface area contributed by atoms with E-state index in [9.17, 15) is 40.0 Å². The number of carbonyl (C=O) groups excluding carboxylic acids is 2. The molecule has 0 bridgehead atoms. The molecular weight excluding hydrogens is 447 g/mol. The predicted octanol–water partition coefficient (Wildman–Crippen LogP) is 3.06. The molecule has 0 aromatic rings. The van der Waals surface area contributed by atoms with Crippen LogP contribution in [-0.2, 0) is 33.9 Å². The lowest BCUT2D eigenvalue weighted by atomic mass is 9.89. The summed E-state index contributed by atoms with van der Waals surface area (Å²) in [5, 5.41) is -5.22. The van der Waals surface area contributed by atoms with Crippen molar-refractivity contribution in [3.05, 3.63) is 0 Å². The number of hydrogen-bond donors (Lipinski definition) is 1. The Labute approximate surface area is 169 Å². The number of alkyl halides is 5.